The monoisotopic (exact) mass is 193 g/mol. The molecular weight excluding hydrogens is 184 g/mol. The van der Waals surface area contributed by atoms with Gasteiger partial charge in [-0.25, -0.2) is 19.5 Å². The summed E-state index contributed by atoms with van der Waals surface area (Å²) in [4.78, 5) is 10.5. The molecule has 0 atom stereocenters. The van der Waals surface area contributed by atoms with E-state index in [1.807, 2.05) is 0 Å². The Kier molecular flexibility index (Phi) is 1.77. The number of anilines is 2. The fourth-order valence-corrected chi connectivity index (χ4v) is 1.08. The van der Waals surface area contributed by atoms with Gasteiger partial charge in [0.2, 0.25) is 0 Å². The molecule has 2 aromatic rings. The van der Waals surface area contributed by atoms with Crippen molar-refractivity contribution in [1.82, 2.24) is 15.1 Å². The number of aromatic nitrogens is 4. The number of H-pyrrole nitrogens is 1. The highest BCUT2D eigenvalue weighted by Crippen LogP contribution is 2.24. The number of nitrogens with two attached hydrogens (primary N) is 2. The molecule has 2 rings (SSSR count). The zero-order valence-corrected chi connectivity index (χ0v) is 7.48. The third-order valence-electron chi connectivity index (χ3n) is 1.70. The Hall–Kier alpha value is -2.18. The molecule has 0 fully saturated rings. The summed E-state index contributed by atoms with van der Waals surface area (Å²) >= 11 is 0. The van der Waals surface area contributed by atoms with Crippen molar-refractivity contribution < 1.29 is 9.51 Å². The zero-order chi connectivity index (χ0) is 10.1. The molecule has 0 unspecified atom stereocenters. The Balaban J connectivity index is 2.61. The summed E-state index contributed by atoms with van der Waals surface area (Å²) in [6, 6.07) is 0. The number of nitrogens with one attached hydrogen (secondary N) is 1. The van der Waals surface area contributed by atoms with Crippen molar-refractivity contribution in [2.45, 2.75) is 6.92 Å². The van der Waals surface area contributed by atoms with Gasteiger partial charge in [0.25, 0.3) is 0 Å². The Bertz CT molecular complexity index is 445. The molecule has 2 aromatic heterocycles. The van der Waals surface area contributed by atoms with E-state index in [1.165, 1.54) is 6.33 Å². The first kappa shape index (κ1) is 8.42. The molecular formula is C7H9N6O+. The second kappa shape index (κ2) is 2.95. The van der Waals surface area contributed by atoms with Crippen molar-refractivity contribution in [3.8, 4) is 11.5 Å². The van der Waals surface area contributed by atoms with Crippen LogP contribution in [0.2, 0.25) is 0 Å². The third-order valence-corrected chi connectivity index (χ3v) is 1.70. The van der Waals surface area contributed by atoms with Crippen molar-refractivity contribution in [3.05, 3.63) is 12.2 Å². The number of aryl methyl sites for hydroxylation is 1. The Morgan fingerprint density at radius 3 is 2.43 bits per heavy atom. The summed E-state index contributed by atoms with van der Waals surface area (Å²) in [5.74, 6) is 1.50. The van der Waals surface area contributed by atoms with Crippen LogP contribution in [0.15, 0.2) is 10.9 Å². The second-order valence-corrected chi connectivity index (χ2v) is 2.74. The Morgan fingerprint density at radius 1 is 1.29 bits per heavy atom. The molecule has 0 radical (unpaired) electrons. The first-order chi connectivity index (χ1) is 6.68. The molecule has 0 aliphatic rings. The lowest BCUT2D eigenvalue weighted by Gasteiger charge is -1.98. The molecule has 0 spiro atoms. The van der Waals surface area contributed by atoms with Crippen LogP contribution in [0.4, 0.5) is 11.6 Å². The smallest absolute Gasteiger partial charge is 0.353 e. The average molecular weight is 193 g/mol. The van der Waals surface area contributed by atoms with Crippen molar-refractivity contribution >= 4 is 11.6 Å². The molecule has 0 aliphatic heterocycles. The minimum atomic E-state index is 0.255. The van der Waals surface area contributed by atoms with Gasteiger partial charge in [0.15, 0.2) is 5.16 Å². The molecule has 0 aromatic carbocycles. The molecule has 0 saturated heterocycles. The quantitative estimate of drug-likeness (QED) is 0.625. The molecule has 0 amide bonds. The van der Waals surface area contributed by atoms with Crippen LogP contribution in [-0.4, -0.2) is 15.1 Å². The Morgan fingerprint density at radius 2 is 1.93 bits per heavy atom. The van der Waals surface area contributed by atoms with E-state index in [0.29, 0.717) is 17.3 Å². The van der Waals surface area contributed by atoms with E-state index in [1.54, 1.807) is 6.92 Å². The molecule has 7 nitrogen and oxygen atoms in total. The minimum Gasteiger partial charge on any atom is -0.383 e. The van der Waals surface area contributed by atoms with Crippen molar-refractivity contribution in [3.63, 3.8) is 0 Å². The van der Waals surface area contributed by atoms with Crippen molar-refractivity contribution in [2.75, 3.05) is 11.5 Å². The minimum absolute atomic E-state index is 0.255. The van der Waals surface area contributed by atoms with Gasteiger partial charge in [0.1, 0.15) is 23.5 Å². The fourth-order valence-electron chi connectivity index (χ4n) is 1.08. The topological polar surface area (TPSA) is 118 Å². The van der Waals surface area contributed by atoms with Crippen LogP contribution < -0.4 is 16.5 Å². The van der Waals surface area contributed by atoms with Gasteiger partial charge in [-0.2, -0.15) is 0 Å². The molecule has 0 bridgehead atoms. The van der Waals surface area contributed by atoms with Crippen LogP contribution in [0.3, 0.4) is 0 Å². The van der Waals surface area contributed by atoms with Crippen molar-refractivity contribution in [1.29, 1.82) is 0 Å². The third kappa shape index (κ3) is 1.24. The Labute approximate surface area is 79.2 Å². The van der Waals surface area contributed by atoms with Gasteiger partial charge in [-0.1, -0.05) is 0 Å². The van der Waals surface area contributed by atoms with Crippen LogP contribution in [0.1, 0.15) is 5.82 Å². The first-order valence-corrected chi connectivity index (χ1v) is 3.90. The predicted molar refractivity (Wildman–Crippen MR) is 47.6 cm³/mol. The van der Waals surface area contributed by atoms with E-state index < -0.39 is 0 Å². The van der Waals surface area contributed by atoms with Crippen molar-refractivity contribution in [2.24, 2.45) is 0 Å². The molecule has 72 valence electrons. The number of rotatable bonds is 1. The van der Waals surface area contributed by atoms with Crippen LogP contribution in [0, 0.1) is 6.92 Å². The van der Waals surface area contributed by atoms with Gasteiger partial charge in [-0.15, -0.1) is 0 Å². The summed E-state index contributed by atoms with van der Waals surface area (Å²) < 4.78 is 4.97. The summed E-state index contributed by atoms with van der Waals surface area (Å²) in [7, 11) is 0. The van der Waals surface area contributed by atoms with Crippen LogP contribution >= 0.6 is 0 Å². The molecule has 7 heteroatoms. The van der Waals surface area contributed by atoms with Gasteiger partial charge in [0, 0.05) is 6.92 Å². The standard InChI is InChI=1S/C7H8N6O/c1-3-12-7(14-13-3)4-5(8)10-2-11-6(4)9/h2H,1H3,(H4,8,9,10,11)/p+1. The maximum absolute atomic E-state index is 5.62. The van der Waals surface area contributed by atoms with E-state index in [-0.39, 0.29) is 11.6 Å². The fraction of sp³-hybridized carbons (Fsp3) is 0.143. The summed E-state index contributed by atoms with van der Waals surface area (Å²) in [6.45, 7) is 1.75. The van der Waals surface area contributed by atoms with Gasteiger partial charge in [-0.3, -0.25) is 0 Å². The summed E-state index contributed by atoms with van der Waals surface area (Å²) in [5, 5.41) is 3.68. The molecule has 5 N–H and O–H groups in total. The normalized spacial score (nSPS) is 10.4. The highest BCUT2D eigenvalue weighted by Gasteiger charge is 2.20. The lowest BCUT2D eigenvalue weighted by atomic mass is 10.3. The van der Waals surface area contributed by atoms with E-state index >= 15 is 0 Å². The van der Waals surface area contributed by atoms with Gasteiger partial charge in [-0.05, 0) is 0 Å². The van der Waals surface area contributed by atoms with Crippen LogP contribution in [-0.2, 0) is 0 Å². The highest BCUT2D eigenvalue weighted by molar-refractivity contribution is 5.75. The largest absolute Gasteiger partial charge is 0.383 e. The van der Waals surface area contributed by atoms with Crippen LogP contribution in [0.5, 0.6) is 0 Å². The summed E-state index contributed by atoms with van der Waals surface area (Å²) in [5.41, 5.74) is 11.7. The highest BCUT2D eigenvalue weighted by atomic mass is 16.5. The number of hydrogen-bond acceptors (Lipinski definition) is 6. The van der Waals surface area contributed by atoms with E-state index in [2.05, 4.69) is 20.1 Å². The first-order valence-electron chi connectivity index (χ1n) is 3.90. The van der Waals surface area contributed by atoms with Gasteiger partial charge >= 0.3 is 11.7 Å². The lowest BCUT2D eigenvalue weighted by Crippen LogP contribution is -2.09. The molecule has 2 heterocycles. The number of aromatic amines is 1. The number of nitrogens with zero attached hydrogens (tertiary/aromatic N) is 3. The summed E-state index contributed by atoms with van der Waals surface area (Å²) in [6.07, 6.45) is 1.29. The van der Waals surface area contributed by atoms with Crippen LogP contribution in [0.25, 0.3) is 11.5 Å². The van der Waals surface area contributed by atoms with Gasteiger partial charge < -0.3 is 11.5 Å². The second-order valence-electron chi connectivity index (χ2n) is 2.74. The zero-order valence-electron chi connectivity index (χ0n) is 7.48. The lowest BCUT2D eigenvalue weighted by molar-refractivity contribution is -0.378. The van der Waals surface area contributed by atoms with E-state index in [4.69, 9.17) is 16.0 Å². The number of nitrogen functional groups attached to an aromatic ring is 2. The van der Waals surface area contributed by atoms with E-state index in [9.17, 15) is 0 Å². The predicted octanol–water partition coefficient (Wildman–Crippen LogP) is -0.581. The molecule has 0 aliphatic carbocycles. The van der Waals surface area contributed by atoms with E-state index in [0.717, 1.165) is 0 Å². The maximum atomic E-state index is 5.62. The number of hydrogen-bond donors (Lipinski definition) is 2. The molecule has 0 saturated carbocycles. The maximum Gasteiger partial charge on any atom is 0.353 e. The van der Waals surface area contributed by atoms with Gasteiger partial charge in [0.05, 0.1) is 0 Å². The average Bonchev–Trinajstić information content (AvgIpc) is 2.51. The SMILES string of the molecule is Cc1noc(-c2c(N)ncnc2N)[nH+]1. The molecule has 14 heavy (non-hydrogen) atoms.